The van der Waals surface area contributed by atoms with E-state index >= 15 is 0 Å². The standard InChI is InChI=1S/C28H29FN6O/c1-5-26(36)32-24-17-20(13-14-25(24)35(4)16-15-34(2)3)31-28-30-18-19-9-8-11-22(27(19)33-28)21-10-6-7-12-23(21)29/h5-14,17-18H,1,15-16H2,2-4H3,(H,32,36)(H,30,31,33). The van der Waals surface area contributed by atoms with Gasteiger partial charge < -0.3 is 20.4 Å². The Balaban J connectivity index is 1.68. The van der Waals surface area contributed by atoms with Gasteiger partial charge in [-0.05, 0) is 44.4 Å². The Morgan fingerprint density at radius 2 is 1.81 bits per heavy atom. The summed E-state index contributed by atoms with van der Waals surface area (Å²) in [6.07, 6.45) is 2.94. The predicted molar refractivity (Wildman–Crippen MR) is 145 cm³/mol. The molecule has 4 rings (SSSR count). The van der Waals surface area contributed by atoms with E-state index in [4.69, 9.17) is 4.98 Å². The minimum atomic E-state index is -0.310. The van der Waals surface area contributed by atoms with Crippen molar-refractivity contribution in [2.45, 2.75) is 0 Å². The molecule has 1 heterocycles. The molecule has 0 fully saturated rings. The van der Waals surface area contributed by atoms with Crippen molar-refractivity contribution in [1.82, 2.24) is 14.9 Å². The molecule has 0 unspecified atom stereocenters. The van der Waals surface area contributed by atoms with Crippen LogP contribution in [0.2, 0.25) is 0 Å². The summed E-state index contributed by atoms with van der Waals surface area (Å²) in [4.78, 5) is 25.4. The van der Waals surface area contributed by atoms with E-state index in [1.54, 1.807) is 24.4 Å². The number of para-hydroxylation sites is 1. The monoisotopic (exact) mass is 484 g/mol. The number of carbonyl (C=O) groups is 1. The zero-order valence-electron chi connectivity index (χ0n) is 20.6. The van der Waals surface area contributed by atoms with Crippen LogP contribution in [0.1, 0.15) is 0 Å². The highest BCUT2D eigenvalue weighted by Gasteiger charge is 2.13. The number of nitrogens with zero attached hydrogens (tertiary/aromatic N) is 4. The Kier molecular flexibility index (Phi) is 7.56. The minimum absolute atomic E-state index is 0.300. The zero-order chi connectivity index (χ0) is 25.7. The Bertz CT molecular complexity index is 1400. The summed E-state index contributed by atoms with van der Waals surface area (Å²) < 4.78 is 14.5. The van der Waals surface area contributed by atoms with Crippen molar-refractivity contribution in [2.24, 2.45) is 0 Å². The number of nitrogens with one attached hydrogen (secondary N) is 2. The van der Waals surface area contributed by atoms with Gasteiger partial charge in [0.1, 0.15) is 5.82 Å². The van der Waals surface area contributed by atoms with Crippen molar-refractivity contribution >= 4 is 39.8 Å². The van der Waals surface area contributed by atoms with Gasteiger partial charge >= 0.3 is 0 Å². The van der Waals surface area contributed by atoms with Crippen molar-refractivity contribution in [2.75, 3.05) is 49.8 Å². The smallest absolute Gasteiger partial charge is 0.247 e. The molecule has 0 aliphatic carbocycles. The second kappa shape index (κ2) is 11.0. The van der Waals surface area contributed by atoms with Gasteiger partial charge in [0.15, 0.2) is 0 Å². The molecule has 0 bridgehead atoms. The average molecular weight is 485 g/mol. The second-order valence-electron chi connectivity index (χ2n) is 8.69. The van der Waals surface area contributed by atoms with Crippen molar-refractivity contribution in [3.8, 4) is 11.1 Å². The van der Waals surface area contributed by atoms with Crippen LogP contribution in [-0.2, 0) is 4.79 Å². The molecule has 3 aromatic carbocycles. The fourth-order valence-electron chi connectivity index (χ4n) is 3.84. The van der Waals surface area contributed by atoms with Crippen LogP contribution >= 0.6 is 0 Å². The third-order valence-corrected chi connectivity index (χ3v) is 5.76. The lowest BCUT2D eigenvalue weighted by Crippen LogP contribution is -2.29. The van der Waals surface area contributed by atoms with Crippen LogP contribution in [0.5, 0.6) is 0 Å². The maximum Gasteiger partial charge on any atom is 0.247 e. The van der Waals surface area contributed by atoms with E-state index in [0.29, 0.717) is 34.0 Å². The molecule has 7 nitrogen and oxygen atoms in total. The van der Waals surface area contributed by atoms with Crippen molar-refractivity contribution < 1.29 is 9.18 Å². The molecular weight excluding hydrogens is 455 g/mol. The summed E-state index contributed by atoms with van der Waals surface area (Å²) in [7, 11) is 6.01. The summed E-state index contributed by atoms with van der Waals surface area (Å²) in [5.41, 5.74) is 4.01. The number of aromatic nitrogens is 2. The SMILES string of the molecule is C=CC(=O)Nc1cc(Nc2ncc3cccc(-c4ccccc4F)c3n2)ccc1N(C)CCN(C)C. The van der Waals surface area contributed by atoms with Crippen LogP contribution in [0, 0.1) is 5.82 Å². The Morgan fingerprint density at radius 1 is 1.03 bits per heavy atom. The first-order chi connectivity index (χ1) is 17.4. The lowest BCUT2D eigenvalue weighted by molar-refractivity contribution is -0.111. The van der Waals surface area contributed by atoms with Gasteiger partial charge in [0.25, 0.3) is 0 Å². The van der Waals surface area contributed by atoms with Gasteiger partial charge in [-0.15, -0.1) is 0 Å². The minimum Gasteiger partial charge on any atom is -0.372 e. The summed E-state index contributed by atoms with van der Waals surface area (Å²) in [5, 5.41) is 6.91. The molecule has 0 radical (unpaired) electrons. The van der Waals surface area contributed by atoms with Gasteiger partial charge in [0, 0.05) is 48.5 Å². The van der Waals surface area contributed by atoms with Gasteiger partial charge in [-0.25, -0.2) is 14.4 Å². The molecule has 0 saturated heterocycles. The third kappa shape index (κ3) is 5.67. The third-order valence-electron chi connectivity index (χ3n) is 5.76. The molecule has 184 valence electrons. The molecule has 8 heteroatoms. The molecule has 4 aromatic rings. The summed E-state index contributed by atoms with van der Waals surface area (Å²) in [5.74, 6) is -0.249. The van der Waals surface area contributed by atoms with Crippen molar-refractivity contribution in [3.05, 3.63) is 85.3 Å². The second-order valence-corrected chi connectivity index (χ2v) is 8.69. The lowest BCUT2D eigenvalue weighted by atomic mass is 10.0. The fourth-order valence-corrected chi connectivity index (χ4v) is 3.84. The highest BCUT2D eigenvalue weighted by molar-refractivity contribution is 6.02. The molecule has 0 aliphatic rings. The largest absolute Gasteiger partial charge is 0.372 e. The maximum atomic E-state index is 14.5. The van der Waals surface area contributed by atoms with Crippen LogP contribution in [0.4, 0.5) is 27.4 Å². The Hall–Kier alpha value is -4.30. The van der Waals surface area contributed by atoms with Crippen LogP contribution in [0.3, 0.4) is 0 Å². The molecule has 0 atom stereocenters. The molecule has 0 spiro atoms. The van der Waals surface area contributed by atoms with E-state index < -0.39 is 0 Å². The Morgan fingerprint density at radius 3 is 2.56 bits per heavy atom. The number of hydrogen-bond acceptors (Lipinski definition) is 6. The summed E-state index contributed by atoms with van der Waals surface area (Å²) in [6, 6.07) is 17.9. The normalized spacial score (nSPS) is 10.9. The highest BCUT2D eigenvalue weighted by Crippen LogP contribution is 2.32. The number of halogens is 1. The number of hydrogen-bond donors (Lipinski definition) is 2. The molecule has 1 aromatic heterocycles. The van der Waals surface area contributed by atoms with E-state index in [0.717, 1.165) is 24.2 Å². The van der Waals surface area contributed by atoms with E-state index in [9.17, 15) is 9.18 Å². The van der Waals surface area contributed by atoms with Crippen LogP contribution in [0.25, 0.3) is 22.0 Å². The Labute approximate surface area is 210 Å². The topological polar surface area (TPSA) is 73.4 Å². The number of amides is 1. The lowest BCUT2D eigenvalue weighted by Gasteiger charge is -2.24. The number of rotatable bonds is 9. The summed E-state index contributed by atoms with van der Waals surface area (Å²) >= 11 is 0. The molecule has 1 amide bonds. The first kappa shape index (κ1) is 24.8. The van der Waals surface area contributed by atoms with E-state index in [-0.39, 0.29) is 11.7 Å². The molecule has 2 N–H and O–H groups in total. The molecule has 0 saturated carbocycles. The summed E-state index contributed by atoms with van der Waals surface area (Å²) in [6.45, 7) is 5.20. The van der Waals surface area contributed by atoms with E-state index in [1.807, 2.05) is 57.5 Å². The van der Waals surface area contributed by atoms with Gasteiger partial charge in [0.2, 0.25) is 11.9 Å². The highest BCUT2D eigenvalue weighted by atomic mass is 19.1. The molecular formula is C28H29FN6O. The average Bonchev–Trinajstić information content (AvgIpc) is 2.87. The van der Waals surface area contributed by atoms with Crippen LogP contribution < -0.4 is 15.5 Å². The van der Waals surface area contributed by atoms with Crippen molar-refractivity contribution in [3.63, 3.8) is 0 Å². The van der Waals surface area contributed by atoms with E-state index in [1.165, 1.54) is 12.1 Å². The zero-order valence-corrected chi connectivity index (χ0v) is 20.6. The first-order valence-corrected chi connectivity index (χ1v) is 11.6. The quantitative estimate of drug-likeness (QED) is 0.314. The van der Waals surface area contributed by atoms with Gasteiger partial charge in [-0.2, -0.15) is 0 Å². The van der Waals surface area contributed by atoms with Gasteiger partial charge in [0.05, 0.1) is 16.9 Å². The molecule has 36 heavy (non-hydrogen) atoms. The van der Waals surface area contributed by atoms with Gasteiger partial charge in [-0.1, -0.05) is 43.0 Å². The maximum absolute atomic E-state index is 14.5. The number of likely N-dealkylation sites (N-methyl/N-ethyl adjacent to an activating group) is 2. The first-order valence-electron chi connectivity index (χ1n) is 11.6. The number of benzene rings is 3. The number of carbonyl (C=O) groups excluding carboxylic acids is 1. The number of fused-ring (bicyclic) bond motifs is 1. The van der Waals surface area contributed by atoms with Crippen LogP contribution in [-0.4, -0.2) is 55.0 Å². The number of anilines is 4. The fraction of sp³-hybridized carbons (Fsp3) is 0.179. The van der Waals surface area contributed by atoms with Crippen molar-refractivity contribution in [1.29, 1.82) is 0 Å². The van der Waals surface area contributed by atoms with E-state index in [2.05, 4.69) is 32.0 Å². The van der Waals surface area contributed by atoms with Gasteiger partial charge in [-0.3, -0.25) is 4.79 Å². The predicted octanol–water partition coefficient (Wildman–Crippen LogP) is 5.30. The van der Waals surface area contributed by atoms with Crippen LogP contribution in [0.15, 0.2) is 79.5 Å². The molecule has 0 aliphatic heterocycles.